The number of carbonyl (C=O) groups is 1. The highest BCUT2D eigenvalue weighted by Gasteiger charge is 2.05. The molecule has 0 unspecified atom stereocenters. The molecule has 0 aliphatic rings. The van der Waals surface area contributed by atoms with Crippen molar-refractivity contribution in [3.05, 3.63) is 74.3 Å². The summed E-state index contributed by atoms with van der Waals surface area (Å²) in [6, 6.07) is 13.8. The number of hydrogen-bond acceptors (Lipinski definition) is 3. The number of halogens is 2. The average molecular weight is 475 g/mol. The minimum atomic E-state index is -0.118. The smallest absolute Gasteiger partial charge is 0.240 e. The summed E-state index contributed by atoms with van der Waals surface area (Å²) in [4.78, 5) is 16.4. The van der Waals surface area contributed by atoms with Crippen LogP contribution in [0.3, 0.4) is 0 Å². The third kappa shape index (κ3) is 4.56. The van der Waals surface area contributed by atoms with E-state index in [1.165, 1.54) is 0 Å². The molecule has 0 aliphatic carbocycles. The SMILES string of the molecule is Cc1c(Br)cc(/C=N/NC(=O)CCc2cccc3ncccc23)cc1Br. The molecular formula is C20H17Br2N3O. The van der Waals surface area contributed by atoms with Crippen LogP contribution < -0.4 is 5.43 Å². The first-order valence-electron chi connectivity index (χ1n) is 8.15. The fourth-order valence-electron chi connectivity index (χ4n) is 2.61. The summed E-state index contributed by atoms with van der Waals surface area (Å²) in [7, 11) is 0. The van der Waals surface area contributed by atoms with Crippen molar-refractivity contribution in [1.29, 1.82) is 0 Å². The van der Waals surface area contributed by atoms with Crippen molar-refractivity contribution in [3.63, 3.8) is 0 Å². The van der Waals surface area contributed by atoms with Crippen LogP contribution >= 0.6 is 31.9 Å². The van der Waals surface area contributed by atoms with Gasteiger partial charge in [0.15, 0.2) is 0 Å². The predicted molar refractivity (Wildman–Crippen MR) is 112 cm³/mol. The molecule has 1 amide bonds. The van der Waals surface area contributed by atoms with Crippen molar-refractivity contribution in [2.75, 3.05) is 0 Å². The molecule has 0 atom stereocenters. The van der Waals surface area contributed by atoms with E-state index in [1.54, 1.807) is 12.4 Å². The van der Waals surface area contributed by atoms with Gasteiger partial charge < -0.3 is 0 Å². The molecule has 0 spiro atoms. The maximum atomic E-state index is 12.1. The Morgan fingerprint density at radius 3 is 2.73 bits per heavy atom. The first-order valence-corrected chi connectivity index (χ1v) is 9.73. The number of aryl methyl sites for hydroxylation is 1. The second-order valence-electron chi connectivity index (χ2n) is 5.89. The first kappa shape index (κ1) is 18.7. The van der Waals surface area contributed by atoms with Crippen molar-refractivity contribution >= 4 is 54.9 Å². The van der Waals surface area contributed by atoms with E-state index in [9.17, 15) is 4.79 Å². The third-order valence-corrected chi connectivity index (χ3v) is 5.71. The van der Waals surface area contributed by atoms with Crippen molar-refractivity contribution < 1.29 is 4.79 Å². The molecule has 0 bridgehead atoms. The predicted octanol–water partition coefficient (Wildman–Crippen LogP) is 5.15. The lowest BCUT2D eigenvalue weighted by Gasteiger charge is -2.05. The number of benzene rings is 2. The summed E-state index contributed by atoms with van der Waals surface area (Å²) in [6.07, 6.45) is 4.42. The summed E-state index contributed by atoms with van der Waals surface area (Å²) in [5.41, 5.74) is 6.66. The molecule has 6 heteroatoms. The molecule has 0 saturated carbocycles. The van der Waals surface area contributed by atoms with E-state index in [1.807, 2.05) is 49.4 Å². The quantitative estimate of drug-likeness (QED) is 0.410. The largest absolute Gasteiger partial charge is 0.273 e. The number of fused-ring (bicyclic) bond motifs is 1. The van der Waals surface area contributed by atoms with E-state index < -0.39 is 0 Å². The number of hydrazone groups is 1. The Labute approximate surface area is 169 Å². The third-order valence-electron chi connectivity index (χ3n) is 4.06. The Hall–Kier alpha value is -2.05. The summed E-state index contributed by atoms with van der Waals surface area (Å²) in [5, 5.41) is 5.13. The lowest BCUT2D eigenvalue weighted by atomic mass is 10.0. The molecule has 26 heavy (non-hydrogen) atoms. The van der Waals surface area contributed by atoms with Gasteiger partial charge in [0.2, 0.25) is 5.91 Å². The van der Waals surface area contributed by atoms with Crippen molar-refractivity contribution in [2.45, 2.75) is 19.8 Å². The minimum absolute atomic E-state index is 0.118. The van der Waals surface area contributed by atoms with E-state index >= 15 is 0 Å². The van der Waals surface area contributed by atoms with E-state index in [4.69, 9.17) is 0 Å². The van der Waals surface area contributed by atoms with Crippen LogP contribution in [0.5, 0.6) is 0 Å². The fraction of sp³-hybridized carbons (Fsp3) is 0.150. The molecule has 132 valence electrons. The highest BCUT2D eigenvalue weighted by molar-refractivity contribution is 9.11. The monoisotopic (exact) mass is 473 g/mol. The number of carbonyl (C=O) groups excluding carboxylic acids is 1. The molecule has 3 rings (SSSR count). The highest BCUT2D eigenvalue weighted by Crippen LogP contribution is 2.25. The maximum Gasteiger partial charge on any atom is 0.240 e. The molecule has 1 N–H and O–H groups in total. The zero-order chi connectivity index (χ0) is 18.5. The fourth-order valence-corrected chi connectivity index (χ4v) is 3.83. The van der Waals surface area contributed by atoms with Gasteiger partial charge in [-0.1, -0.05) is 50.1 Å². The van der Waals surface area contributed by atoms with Gasteiger partial charge in [-0.15, -0.1) is 0 Å². The molecule has 0 aliphatic heterocycles. The Kier molecular flexibility index (Phi) is 6.16. The Morgan fingerprint density at radius 2 is 1.96 bits per heavy atom. The molecule has 2 aromatic carbocycles. The van der Waals surface area contributed by atoms with Gasteiger partial charge in [0, 0.05) is 26.9 Å². The van der Waals surface area contributed by atoms with E-state index in [-0.39, 0.29) is 5.91 Å². The normalized spacial score (nSPS) is 11.2. The Morgan fingerprint density at radius 1 is 1.19 bits per heavy atom. The summed E-state index contributed by atoms with van der Waals surface area (Å²) >= 11 is 7.01. The molecule has 1 heterocycles. The van der Waals surface area contributed by atoms with Crippen LogP contribution in [0, 0.1) is 6.92 Å². The molecule has 0 fully saturated rings. The molecule has 1 aromatic heterocycles. The zero-order valence-electron chi connectivity index (χ0n) is 14.2. The summed E-state index contributed by atoms with van der Waals surface area (Å²) in [6.45, 7) is 2.01. The lowest BCUT2D eigenvalue weighted by molar-refractivity contribution is -0.121. The van der Waals surface area contributed by atoms with Crippen LogP contribution in [0.25, 0.3) is 10.9 Å². The number of nitrogens with one attached hydrogen (secondary N) is 1. The zero-order valence-corrected chi connectivity index (χ0v) is 17.3. The maximum absolute atomic E-state index is 12.1. The molecule has 3 aromatic rings. The van der Waals surface area contributed by atoms with Gasteiger partial charge in [-0.3, -0.25) is 9.78 Å². The number of amides is 1. The van der Waals surface area contributed by atoms with E-state index in [2.05, 4.69) is 47.4 Å². The Balaban J connectivity index is 1.59. The van der Waals surface area contributed by atoms with Crippen LogP contribution in [0.1, 0.15) is 23.1 Å². The van der Waals surface area contributed by atoms with Crippen molar-refractivity contribution in [3.8, 4) is 0 Å². The van der Waals surface area contributed by atoms with Gasteiger partial charge in [-0.05, 0) is 54.3 Å². The van der Waals surface area contributed by atoms with Gasteiger partial charge in [-0.25, -0.2) is 5.43 Å². The van der Waals surface area contributed by atoms with Crippen molar-refractivity contribution in [1.82, 2.24) is 10.4 Å². The summed E-state index contributed by atoms with van der Waals surface area (Å²) < 4.78 is 1.98. The van der Waals surface area contributed by atoms with E-state index in [0.717, 1.165) is 36.5 Å². The van der Waals surface area contributed by atoms with Crippen LogP contribution in [0.15, 0.2) is 62.7 Å². The summed E-state index contributed by atoms with van der Waals surface area (Å²) in [5.74, 6) is -0.118. The van der Waals surface area contributed by atoms with Crippen LogP contribution in [-0.2, 0) is 11.2 Å². The first-order chi connectivity index (χ1) is 12.5. The van der Waals surface area contributed by atoms with Gasteiger partial charge in [-0.2, -0.15) is 5.10 Å². The minimum Gasteiger partial charge on any atom is -0.273 e. The second-order valence-corrected chi connectivity index (χ2v) is 7.60. The number of rotatable bonds is 5. The number of hydrogen-bond donors (Lipinski definition) is 1. The molecule has 0 saturated heterocycles. The van der Waals surface area contributed by atoms with Crippen LogP contribution in [0.2, 0.25) is 0 Å². The standard InChI is InChI=1S/C20H17Br2N3O/c1-13-17(21)10-14(11-18(13)22)12-24-25-20(26)8-7-15-4-2-6-19-16(15)5-3-9-23-19/h2-6,9-12H,7-8H2,1H3,(H,25,26)/b24-12+. The van der Waals surface area contributed by atoms with Crippen LogP contribution in [0.4, 0.5) is 0 Å². The van der Waals surface area contributed by atoms with Gasteiger partial charge in [0.05, 0.1) is 11.7 Å². The highest BCUT2D eigenvalue weighted by atomic mass is 79.9. The topological polar surface area (TPSA) is 54.4 Å². The van der Waals surface area contributed by atoms with Crippen molar-refractivity contribution in [2.24, 2.45) is 5.10 Å². The Bertz CT molecular complexity index is 957. The number of aromatic nitrogens is 1. The molecule has 0 radical (unpaired) electrons. The number of pyridine rings is 1. The molecule has 4 nitrogen and oxygen atoms in total. The van der Waals surface area contributed by atoms with Gasteiger partial charge >= 0.3 is 0 Å². The lowest BCUT2D eigenvalue weighted by Crippen LogP contribution is -2.18. The molecular weight excluding hydrogens is 458 g/mol. The number of nitrogens with zero attached hydrogens (tertiary/aromatic N) is 2. The average Bonchev–Trinajstić information content (AvgIpc) is 2.64. The second kappa shape index (κ2) is 8.56. The van der Waals surface area contributed by atoms with Gasteiger partial charge in [0.1, 0.15) is 0 Å². The van der Waals surface area contributed by atoms with E-state index in [0.29, 0.717) is 12.8 Å². The van der Waals surface area contributed by atoms with Gasteiger partial charge in [0.25, 0.3) is 0 Å². The van der Waals surface area contributed by atoms with Crippen LogP contribution in [-0.4, -0.2) is 17.1 Å².